The van der Waals surface area contributed by atoms with Crippen LogP contribution in [0.1, 0.15) is 22.7 Å². The van der Waals surface area contributed by atoms with Gasteiger partial charge in [0.2, 0.25) is 10.0 Å². The molecule has 1 aliphatic heterocycles. The van der Waals surface area contributed by atoms with E-state index in [1.165, 1.54) is 27.6 Å². The second-order valence-corrected chi connectivity index (χ2v) is 12.8. The van der Waals surface area contributed by atoms with Gasteiger partial charge in [-0.25, -0.2) is 8.42 Å². The van der Waals surface area contributed by atoms with Gasteiger partial charge in [-0.1, -0.05) is 66.7 Å². The third kappa shape index (κ3) is 7.05. The molecule has 0 aromatic heterocycles. The average molecular weight is 635 g/mol. The number of carbonyl (C=O) groups excluding carboxylic acids is 1. The highest BCUT2D eigenvalue weighted by atomic mass is 79.9. The summed E-state index contributed by atoms with van der Waals surface area (Å²) in [4.78, 5) is 14.9. The zero-order valence-corrected chi connectivity index (χ0v) is 25.1. The number of benzene rings is 4. The predicted molar refractivity (Wildman–Crippen MR) is 165 cm³/mol. The molecule has 41 heavy (non-hydrogen) atoms. The Bertz CT molecular complexity index is 1540. The molecule has 4 aromatic carbocycles. The maximum atomic E-state index is 13.4. The molecule has 1 N–H and O–H groups in total. The minimum Gasteiger partial charge on any atom is -0.483 e. The van der Waals surface area contributed by atoms with E-state index in [-0.39, 0.29) is 23.5 Å². The van der Waals surface area contributed by atoms with Gasteiger partial charge in [-0.05, 0) is 75.9 Å². The van der Waals surface area contributed by atoms with Crippen molar-refractivity contribution in [2.45, 2.75) is 17.9 Å². The lowest BCUT2D eigenvalue weighted by atomic mass is 9.96. The lowest BCUT2D eigenvalue weighted by Gasteiger charge is -2.39. The van der Waals surface area contributed by atoms with Gasteiger partial charge in [0.15, 0.2) is 6.61 Å². The second kappa shape index (κ2) is 13.0. The Morgan fingerprint density at radius 1 is 0.854 bits per heavy atom. The van der Waals surface area contributed by atoms with Gasteiger partial charge in [0, 0.05) is 31.9 Å². The number of ether oxygens (including phenoxy) is 1. The zero-order chi connectivity index (χ0) is 28.8. The monoisotopic (exact) mass is 633 g/mol. The summed E-state index contributed by atoms with van der Waals surface area (Å²) in [6, 6.07) is 32.6. The number of amides is 1. The van der Waals surface area contributed by atoms with E-state index in [2.05, 4.69) is 50.4 Å². The molecule has 212 valence electrons. The molecule has 0 aliphatic carbocycles. The van der Waals surface area contributed by atoms with E-state index in [1.807, 2.05) is 55.5 Å². The Balaban J connectivity index is 1.20. The molecular formula is C32H32BrN3O4S. The van der Waals surface area contributed by atoms with Crippen molar-refractivity contribution >= 4 is 37.5 Å². The SMILES string of the molecule is Cc1ccc(OCC(=O)Nc2ccc(S(=O)(=O)N3CCN(C(c4ccccc4)c4ccccc4)CC3)cc2)c(Br)c1. The molecular weight excluding hydrogens is 602 g/mol. The topological polar surface area (TPSA) is 78.9 Å². The van der Waals surface area contributed by atoms with Gasteiger partial charge in [-0.2, -0.15) is 4.31 Å². The van der Waals surface area contributed by atoms with Crippen molar-refractivity contribution in [2.24, 2.45) is 0 Å². The van der Waals surface area contributed by atoms with Crippen molar-refractivity contribution in [3.8, 4) is 5.75 Å². The summed E-state index contributed by atoms with van der Waals surface area (Å²) in [6.07, 6.45) is 0. The number of nitrogens with one attached hydrogen (secondary N) is 1. The van der Waals surface area contributed by atoms with Crippen molar-refractivity contribution in [2.75, 3.05) is 38.1 Å². The first-order chi connectivity index (χ1) is 19.8. The average Bonchev–Trinajstić information content (AvgIpc) is 2.98. The van der Waals surface area contributed by atoms with Crippen LogP contribution in [0.5, 0.6) is 5.75 Å². The van der Waals surface area contributed by atoms with Gasteiger partial charge < -0.3 is 10.1 Å². The predicted octanol–water partition coefficient (Wildman–Crippen LogP) is 5.87. The fourth-order valence-corrected chi connectivity index (χ4v) is 7.04. The Hall–Kier alpha value is -3.50. The molecule has 1 aliphatic rings. The molecule has 0 spiro atoms. The smallest absolute Gasteiger partial charge is 0.262 e. The number of carbonyl (C=O) groups is 1. The fourth-order valence-electron chi connectivity index (χ4n) is 5.01. The largest absolute Gasteiger partial charge is 0.483 e. The highest BCUT2D eigenvalue weighted by Gasteiger charge is 2.32. The van der Waals surface area contributed by atoms with Crippen molar-refractivity contribution in [1.29, 1.82) is 0 Å². The number of piperazine rings is 1. The van der Waals surface area contributed by atoms with Crippen LogP contribution in [0.3, 0.4) is 0 Å². The molecule has 0 saturated carbocycles. The third-order valence-corrected chi connectivity index (χ3v) is 9.62. The lowest BCUT2D eigenvalue weighted by Crippen LogP contribution is -2.49. The molecule has 1 fully saturated rings. The standard InChI is InChI=1S/C32H32BrN3O4S/c1-24-12-17-30(29(33)22-24)40-23-31(37)34-27-13-15-28(16-14-27)41(38,39)36-20-18-35(19-21-36)32(25-8-4-2-5-9-25)26-10-6-3-7-11-26/h2-17,22,32H,18-21,23H2,1H3,(H,34,37). The number of rotatable bonds is 9. The summed E-state index contributed by atoms with van der Waals surface area (Å²) in [5, 5.41) is 2.76. The summed E-state index contributed by atoms with van der Waals surface area (Å²) in [5.41, 5.74) is 3.95. The van der Waals surface area contributed by atoms with Crippen molar-refractivity contribution < 1.29 is 17.9 Å². The molecule has 9 heteroatoms. The maximum absolute atomic E-state index is 13.4. The Kier molecular flexibility index (Phi) is 9.19. The van der Waals surface area contributed by atoms with E-state index in [4.69, 9.17) is 4.74 Å². The maximum Gasteiger partial charge on any atom is 0.262 e. The van der Waals surface area contributed by atoms with Crippen molar-refractivity contribution in [1.82, 2.24) is 9.21 Å². The minimum atomic E-state index is -3.68. The highest BCUT2D eigenvalue weighted by molar-refractivity contribution is 9.10. The van der Waals surface area contributed by atoms with Crippen LogP contribution in [-0.2, 0) is 14.8 Å². The van der Waals surface area contributed by atoms with Crippen molar-refractivity contribution in [3.63, 3.8) is 0 Å². The van der Waals surface area contributed by atoms with Gasteiger partial charge in [-0.15, -0.1) is 0 Å². The summed E-state index contributed by atoms with van der Waals surface area (Å²) < 4.78 is 34.8. The first-order valence-electron chi connectivity index (χ1n) is 13.4. The van der Waals surface area contributed by atoms with E-state index < -0.39 is 10.0 Å². The zero-order valence-electron chi connectivity index (χ0n) is 22.7. The number of hydrogen-bond acceptors (Lipinski definition) is 5. The minimum absolute atomic E-state index is 0.0567. The normalized spacial score (nSPS) is 14.6. The molecule has 1 saturated heterocycles. The molecule has 4 aromatic rings. The Labute approximate surface area is 249 Å². The number of nitrogens with zero attached hydrogens (tertiary/aromatic N) is 2. The number of anilines is 1. The van der Waals surface area contributed by atoms with E-state index in [0.717, 1.165) is 10.0 Å². The summed E-state index contributed by atoms with van der Waals surface area (Å²) >= 11 is 3.43. The quantitative estimate of drug-likeness (QED) is 0.249. The van der Waals surface area contributed by atoms with E-state index in [9.17, 15) is 13.2 Å². The van der Waals surface area contributed by atoms with Gasteiger partial charge in [0.1, 0.15) is 5.75 Å². The van der Waals surface area contributed by atoms with Crippen molar-refractivity contribution in [3.05, 3.63) is 124 Å². The van der Waals surface area contributed by atoms with Crippen LogP contribution < -0.4 is 10.1 Å². The molecule has 0 atom stereocenters. The molecule has 0 radical (unpaired) electrons. The van der Waals surface area contributed by atoms with E-state index in [1.54, 1.807) is 18.2 Å². The van der Waals surface area contributed by atoms with Gasteiger partial charge in [0.05, 0.1) is 15.4 Å². The van der Waals surface area contributed by atoms with Crippen LogP contribution >= 0.6 is 15.9 Å². The van der Waals surface area contributed by atoms with Gasteiger partial charge in [-0.3, -0.25) is 9.69 Å². The molecule has 0 bridgehead atoms. The van der Waals surface area contributed by atoms with Crippen LogP contribution in [0.4, 0.5) is 5.69 Å². The van der Waals surface area contributed by atoms with Crippen LogP contribution in [0.25, 0.3) is 0 Å². The van der Waals surface area contributed by atoms with Crippen LogP contribution in [0, 0.1) is 6.92 Å². The second-order valence-electron chi connectivity index (χ2n) is 9.96. The van der Waals surface area contributed by atoms with Crippen LogP contribution in [-0.4, -0.2) is 56.3 Å². The number of hydrogen-bond donors (Lipinski definition) is 1. The first-order valence-corrected chi connectivity index (χ1v) is 15.7. The van der Waals surface area contributed by atoms with Gasteiger partial charge in [0.25, 0.3) is 5.91 Å². The molecule has 1 amide bonds. The summed E-state index contributed by atoms with van der Waals surface area (Å²) in [6.45, 7) is 3.81. The fraction of sp³-hybridized carbons (Fsp3) is 0.219. The van der Waals surface area contributed by atoms with E-state index in [0.29, 0.717) is 37.6 Å². The number of halogens is 1. The summed E-state index contributed by atoms with van der Waals surface area (Å²) in [7, 11) is -3.68. The molecule has 1 heterocycles. The number of sulfonamides is 1. The Morgan fingerprint density at radius 3 is 2.00 bits per heavy atom. The molecule has 0 unspecified atom stereocenters. The lowest BCUT2D eigenvalue weighted by molar-refractivity contribution is -0.118. The highest BCUT2D eigenvalue weighted by Crippen LogP contribution is 2.31. The number of aryl methyl sites for hydroxylation is 1. The van der Waals surface area contributed by atoms with Crippen LogP contribution in [0.2, 0.25) is 0 Å². The van der Waals surface area contributed by atoms with Crippen LogP contribution in [0.15, 0.2) is 112 Å². The molecule has 7 nitrogen and oxygen atoms in total. The van der Waals surface area contributed by atoms with E-state index >= 15 is 0 Å². The third-order valence-electron chi connectivity index (χ3n) is 7.09. The summed E-state index contributed by atoms with van der Waals surface area (Å²) in [5.74, 6) is 0.238. The molecule has 5 rings (SSSR count). The Morgan fingerprint density at radius 2 is 1.44 bits per heavy atom. The van der Waals surface area contributed by atoms with Gasteiger partial charge >= 0.3 is 0 Å². The first kappa shape index (κ1) is 29.0.